The predicted octanol–water partition coefficient (Wildman–Crippen LogP) is 6.17. The summed E-state index contributed by atoms with van der Waals surface area (Å²) in [5, 5.41) is 7.09. The van der Waals surface area contributed by atoms with Gasteiger partial charge in [-0.25, -0.2) is 0 Å². The van der Waals surface area contributed by atoms with Gasteiger partial charge < -0.3 is 10.6 Å². The van der Waals surface area contributed by atoms with E-state index in [9.17, 15) is 0 Å². The van der Waals surface area contributed by atoms with Gasteiger partial charge in [-0.2, -0.15) is 0 Å². The Bertz CT molecular complexity index is 954. The van der Waals surface area contributed by atoms with Gasteiger partial charge in [-0.3, -0.25) is 0 Å². The van der Waals surface area contributed by atoms with Gasteiger partial charge in [0.1, 0.15) is 0 Å². The fraction of sp³-hybridized carbons (Fsp3) is 0.0909. The van der Waals surface area contributed by atoms with Crippen LogP contribution in [0.25, 0.3) is 5.57 Å². The molecule has 0 spiro atoms. The highest BCUT2D eigenvalue weighted by Crippen LogP contribution is 2.42. The van der Waals surface area contributed by atoms with Crippen molar-refractivity contribution < 1.29 is 0 Å². The number of nitrogens with one attached hydrogen (secondary N) is 2. The number of anilines is 4. The van der Waals surface area contributed by atoms with Gasteiger partial charge in [0, 0.05) is 33.9 Å². The largest absolute Gasteiger partial charge is 0.355 e. The maximum atomic E-state index is 4.32. The highest BCUT2D eigenvalue weighted by atomic mass is 14.9. The number of hydrogen-bond acceptors (Lipinski definition) is 2. The average molecular weight is 312 g/mol. The van der Waals surface area contributed by atoms with Gasteiger partial charge in [-0.05, 0) is 54.8 Å². The van der Waals surface area contributed by atoms with E-state index in [0.29, 0.717) is 0 Å². The summed E-state index contributed by atoms with van der Waals surface area (Å²) >= 11 is 0. The summed E-state index contributed by atoms with van der Waals surface area (Å²) in [6.07, 6.45) is 0. The topological polar surface area (TPSA) is 24.1 Å². The summed E-state index contributed by atoms with van der Waals surface area (Å²) in [6.45, 7) is 8.57. The van der Waals surface area contributed by atoms with E-state index >= 15 is 0 Å². The van der Waals surface area contributed by atoms with E-state index in [4.69, 9.17) is 0 Å². The molecule has 0 radical (unpaired) electrons. The molecule has 0 amide bonds. The van der Waals surface area contributed by atoms with Gasteiger partial charge in [0.25, 0.3) is 0 Å². The molecule has 1 heterocycles. The first kappa shape index (κ1) is 14.6. The third-order valence-corrected chi connectivity index (χ3v) is 4.63. The molecule has 0 bridgehead atoms. The van der Waals surface area contributed by atoms with Crippen LogP contribution in [0.1, 0.15) is 22.3 Å². The number of benzene rings is 3. The molecule has 0 unspecified atom stereocenters. The van der Waals surface area contributed by atoms with Crippen LogP contribution in [0.5, 0.6) is 0 Å². The molecule has 3 aromatic carbocycles. The number of aryl methyl sites for hydroxylation is 2. The van der Waals surface area contributed by atoms with E-state index in [0.717, 1.165) is 39.4 Å². The Morgan fingerprint density at radius 2 is 1.50 bits per heavy atom. The predicted molar refractivity (Wildman–Crippen MR) is 104 cm³/mol. The minimum atomic E-state index is 1.06. The van der Waals surface area contributed by atoms with Crippen molar-refractivity contribution in [2.45, 2.75) is 13.8 Å². The van der Waals surface area contributed by atoms with E-state index in [1.807, 2.05) is 6.07 Å². The quantitative estimate of drug-likeness (QED) is 0.463. The Balaban J connectivity index is 1.77. The van der Waals surface area contributed by atoms with Crippen LogP contribution >= 0.6 is 0 Å². The summed E-state index contributed by atoms with van der Waals surface area (Å²) in [5.41, 5.74) is 10.3. The molecule has 1 aliphatic rings. The first-order valence-corrected chi connectivity index (χ1v) is 8.16. The molecule has 0 aliphatic carbocycles. The summed E-state index contributed by atoms with van der Waals surface area (Å²) in [4.78, 5) is 0. The third-order valence-electron chi connectivity index (χ3n) is 4.63. The molecular formula is C22H20N2. The molecular weight excluding hydrogens is 292 g/mol. The molecule has 0 atom stereocenters. The maximum absolute atomic E-state index is 4.32. The van der Waals surface area contributed by atoms with E-state index < -0.39 is 0 Å². The maximum Gasteiger partial charge on any atom is 0.0468 e. The third kappa shape index (κ3) is 2.37. The summed E-state index contributed by atoms with van der Waals surface area (Å²) < 4.78 is 0. The fourth-order valence-corrected chi connectivity index (χ4v) is 3.20. The van der Waals surface area contributed by atoms with Crippen LogP contribution in [0.15, 0.2) is 67.2 Å². The second kappa shape index (κ2) is 5.57. The lowest BCUT2D eigenvalue weighted by molar-refractivity contribution is 1.36. The molecule has 0 fully saturated rings. The van der Waals surface area contributed by atoms with Gasteiger partial charge in [0.2, 0.25) is 0 Å². The van der Waals surface area contributed by atoms with E-state index in [1.54, 1.807) is 0 Å². The summed E-state index contributed by atoms with van der Waals surface area (Å²) in [7, 11) is 0. The Kier molecular flexibility index (Phi) is 3.39. The Hall–Kier alpha value is -3.00. The smallest absolute Gasteiger partial charge is 0.0468 e. The first-order valence-electron chi connectivity index (χ1n) is 8.16. The standard InChI is InChI=1S/C22H20N2/c1-14-8-4-6-10-19(14)23-21-13-18-16(3)17-9-5-7-11-20(17)24-22(18)12-15(21)2/h4-13,23-24H,3H2,1-2H3. The molecule has 2 heteroatoms. The normalized spacial score (nSPS) is 12.2. The van der Waals surface area contributed by atoms with Crippen molar-refractivity contribution in [3.63, 3.8) is 0 Å². The number of fused-ring (bicyclic) bond motifs is 2. The molecule has 0 aromatic heterocycles. The van der Waals surface area contributed by atoms with E-state index in [2.05, 4.69) is 85.7 Å². The first-order chi connectivity index (χ1) is 11.6. The van der Waals surface area contributed by atoms with Crippen molar-refractivity contribution in [3.05, 3.63) is 89.5 Å². The van der Waals surface area contributed by atoms with Crippen molar-refractivity contribution in [2.24, 2.45) is 0 Å². The molecule has 1 aliphatic heterocycles. The van der Waals surface area contributed by atoms with Crippen LogP contribution in [0.3, 0.4) is 0 Å². The van der Waals surface area contributed by atoms with Gasteiger partial charge in [-0.15, -0.1) is 0 Å². The van der Waals surface area contributed by atoms with Crippen LogP contribution in [0, 0.1) is 13.8 Å². The van der Waals surface area contributed by atoms with Gasteiger partial charge in [0.15, 0.2) is 0 Å². The second-order valence-corrected chi connectivity index (χ2v) is 6.30. The zero-order valence-corrected chi connectivity index (χ0v) is 14.0. The monoisotopic (exact) mass is 312 g/mol. The number of para-hydroxylation sites is 2. The van der Waals surface area contributed by atoms with Crippen LogP contribution in [-0.4, -0.2) is 0 Å². The average Bonchev–Trinajstić information content (AvgIpc) is 2.58. The SMILES string of the molecule is C=C1c2ccccc2Nc2cc(C)c(Nc3ccccc3C)cc21. The second-order valence-electron chi connectivity index (χ2n) is 6.30. The Labute approximate surface area is 142 Å². The Morgan fingerprint density at radius 3 is 2.33 bits per heavy atom. The lowest BCUT2D eigenvalue weighted by Crippen LogP contribution is -2.07. The molecule has 0 saturated carbocycles. The van der Waals surface area contributed by atoms with Crippen LogP contribution in [-0.2, 0) is 0 Å². The van der Waals surface area contributed by atoms with Gasteiger partial charge in [0.05, 0.1) is 0 Å². The van der Waals surface area contributed by atoms with E-state index in [1.165, 1.54) is 11.1 Å². The van der Waals surface area contributed by atoms with Crippen LogP contribution < -0.4 is 10.6 Å². The highest BCUT2D eigenvalue weighted by Gasteiger charge is 2.19. The molecule has 0 saturated heterocycles. The van der Waals surface area contributed by atoms with Crippen molar-refractivity contribution >= 4 is 28.3 Å². The van der Waals surface area contributed by atoms with Crippen LogP contribution in [0.2, 0.25) is 0 Å². The number of hydrogen-bond donors (Lipinski definition) is 2. The highest BCUT2D eigenvalue weighted by molar-refractivity contribution is 5.97. The summed E-state index contributed by atoms with van der Waals surface area (Å²) in [5.74, 6) is 0. The van der Waals surface area contributed by atoms with Crippen molar-refractivity contribution in [3.8, 4) is 0 Å². The molecule has 118 valence electrons. The lowest BCUT2D eigenvalue weighted by Gasteiger charge is -2.25. The molecule has 3 aromatic rings. The van der Waals surface area contributed by atoms with Gasteiger partial charge in [-0.1, -0.05) is 43.0 Å². The van der Waals surface area contributed by atoms with Crippen LogP contribution in [0.4, 0.5) is 22.7 Å². The molecule has 2 nitrogen and oxygen atoms in total. The molecule has 4 rings (SSSR count). The number of rotatable bonds is 2. The van der Waals surface area contributed by atoms with Crippen molar-refractivity contribution in [1.29, 1.82) is 0 Å². The zero-order valence-electron chi connectivity index (χ0n) is 14.0. The summed E-state index contributed by atoms with van der Waals surface area (Å²) in [6, 6.07) is 21.0. The van der Waals surface area contributed by atoms with E-state index in [-0.39, 0.29) is 0 Å². The minimum absolute atomic E-state index is 1.06. The van der Waals surface area contributed by atoms with Gasteiger partial charge >= 0.3 is 0 Å². The van der Waals surface area contributed by atoms with Crippen molar-refractivity contribution in [2.75, 3.05) is 10.6 Å². The molecule has 24 heavy (non-hydrogen) atoms. The molecule has 2 N–H and O–H groups in total. The Morgan fingerprint density at radius 1 is 0.750 bits per heavy atom. The zero-order chi connectivity index (χ0) is 16.7. The van der Waals surface area contributed by atoms with Crippen molar-refractivity contribution in [1.82, 2.24) is 0 Å². The minimum Gasteiger partial charge on any atom is -0.355 e. The fourth-order valence-electron chi connectivity index (χ4n) is 3.20. The lowest BCUT2D eigenvalue weighted by atomic mass is 9.91.